The Kier molecular flexibility index (Phi) is 4.31. The van der Waals surface area contributed by atoms with Crippen LogP contribution in [0.5, 0.6) is 0 Å². The van der Waals surface area contributed by atoms with Gasteiger partial charge in [-0.05, 0) is 63.0 Å². The molecule has 2 aromatic rings. The van der Waals surface area contributed by atoms with Crippen molar-refractivity contribution < 1.29 is 0 Å². The monoisotopic (exact) mass is 313 g/mol. The average Bonchev–Trinajstić information content (AvgIpc) is 3.30. The predicted molar refractivity (Wildman–Crippen MR) is 92.4 cm³/mol. The molecule has 4 rings (SSSR count). The SMILES string of the molecule is CCN1CCC(Cn2c(CC3CCNC3)nc3cccnc32)C1. The molecule has 0 aliphatic carbocycles. The van der Waals surface area contributed by atoms with Gasteiger partial charge in [0.05, 0.1) is 0 Å². The first kappa shape index (κ1) is 15.1. The first-order valence-electron chi connectivity index (χ1n) is 9.06. The number of hydrogen-bond donors (Lipinski definition) is 1. The van der Waals surface area contributed by atoms with E-state index in [9.17, 15) is 0 Å². The molecule has 2 unspecified atom stereocenters. The third-order valence-electron chi connectivity index (χ3n) is 5.47. The molecule has 0 radical (unpaired) electrons. The van der Waals surface area contributed by atoms with Crippen molar-refractivity contribution >= 4 is 11.2 Å². The van der Waals surface area contributed by atoms with Gasteiger partial charge >= 0.3 is 0 Å². The second-order valence-electron chi connectivity index (χ2n) is 7.10. The van der Waals surface area contributed by atoms with Gasteiger partial charge in [0.15, 0.2) is 5.65 Å². The molecule has 2 fully saturated rings. The van der Waals surface area contributed by atoms with Gasteiger partial charge in [-0.1, -0.05) is 6.92 Å². The van der Waals surface area contributed by atoms with Gasteiger partial charge in [-0.3, -0.25) is 0 Å². The van der Waals surface area contributed by atoms with E-state index in [0.717, 1.165) is 49.1 Å². The Hall–Kier alpha value is -1.46. The fourth-order valence-corrected chi connectivity index (χ4v) is 4.11. The maximum Gasteiger partial charge on any atom is 0.159 e. The lowest BCUT2D eigenvalue weighted by Crippen LogP contribution is -2.22. The first-order chi connectivity index (χ1) is 11.3. The molecule has 4 heterocycles. The Morgan fingerprint density at radius 1 is 1.30 bits per heavy atom. The Morgan fingerprint density at radius 3 is 3.04 bits per heavy atom. The highest BCUT2D eigenvalue weighted by atomic mass is 15.2. The van der Waals surface area contributed by atoms with Crippen molar-refractivity contribution in [1.82, 2.24) is 24.8 Å². The fraction of sp³-hybridized carbons (Fsp3) is 0.667. The summed E-state index contributed by atoms with van der Waals surface area (Å²) in [6.07, 6.45) is 5.54. The molecule has 0 saturated carbocycles. The number of aromatic nitrogens is 3. The Bertz CT molecular complexity index is 658. The van der Waals surface area contributed by atoms with Gasteiger partial charge in [-0.25, -0.2) is 9.97 Å². The van der Waals surface area contributed by atoms with E-state index < -0.39 is 0 Å². The van der Waals surface area contributed by atoms with Crippen molar-refractivity contribution in [3.63, 3.8) is 0 Å². The highest BCUT2D eigenvalue weighted by Gasteiger charge is 2.25. The minimum Gasteiger partial charge on any atom is -0.316 e. The normalized spacial score (nSPS) is 25.6. The van der Waals surface area contributed by atoms with Gasteiger partial charge in [0.25, 0.3) is 0 Å². The lowest BCUT2D eigenvalue weighted by molar-refractivity contribution is 0.332. The summed E-state index contributed by atoms with van der Waals surface area (Å²) in [4.78, 5) is 12.1. The minimum absolute atomic E-state index is 0.723. The van der Waals surface area contributed by atoms with Crippen molar-refractivity contribution in [3.8, 4) is 0 Å². The maximum absolute atomic E-state index is 4.92. The number of rotatable bonds is 5. The van der Waals surface area contributed by atoms with Crippen molar-refractivity contribution in [2.75, 3.05) is 32.7 Å². The van der Waals surface area contributed by atoms with E-state index in [1.807, 2.05) is 12.3 Å². The van der Waals surface area contributed by atoms with Gasteiger partial charge in [0.2, 0.25) is 0 Å². The zero-order valence-corrected chi connectivity index (χ0v) is 14.0. The Balaban J connectivity index is 1.60. The van der Waals surface area contributed by atoms with Crippen LogP contribution in [0, 0.1) is 11.8 Å². The van der Waals surface area contributed by atoms with Crippen molar-refractivity contribution in [1.29, 1.82) is 0 Å². The lowest BCUT2D eigenvalue weighted by Gasteiger charge is -2.16. The molecular formula is C18H27N5. The number of pyridine rings is 1. The standard InChI is InChI=1S/C18H27N5/c1-2-22-9-6-15(12-22)13-23-17(10-14-5-8-19-11-14)21-16-4-3-7-20-18(16)23/h3-4,7,14-15,19H,2,5-6,8-13H2,1H3. The highest BCUT2D eigenvalue weighted by molar-refractivity contribution is 5.71. The number of nitrogens with zero attached hydrogens (tertiary/aromatic N) is 4. The van der Waals surface area contributed by atoms with E-state index in [1.165, 1.54) is 38.3 Å². The van der Waals surface area contributed by atoms with E-state index in [4.69, 9.17) is 4.98 Å². The molecule has 124 valence electrons. The zero-order chi connectivity index (χ0) is 15.6. The Labute approximate surface area is 138 Å². The topological polar surface area (TPSA) is 46.0 Å². The summed E-state index contributed by atoms with van der Waals surface area (Å²) in [5.41, 5.74) is 2.13. The Morgan fingerprint density at radius 2 is 2.26 bits per heavy atom. The first-order valence-corrected chi connectivity index (χ1v) is 9.06. The van der Waals surface area contributed by atoms with Crippen molar-refractivity contribution in [3.05, 3.63) is 24.2 Å². The van der Waals surface area contributed by atoms with Crippen LogP contribution in [0.2, 0.25) is 0 Å². The van der Waals surface area contributed by atoms with Crippen LogP contribution in [0.1, 0.15) is 25.6 Å². The predicted octanol–water partition coefficient (Wildman–Crippen LogP) is 1.93. The number of fused-ring (bicyclic) bond motifs is 1. The molecule has 2 aliphatic heterocycles. The number of hydrogen-bond acceptors (Lipinski definition) is 4. The van der Waals surface area contributed by atoms with Gasteiger partial charge in [-0.2, -0.15) is 0 Å². The van der Waals surface area contributed by atoms with Gasteiger partial charge in [0, 0.05) is 25.7 Å². The van der Waals surface area contributed by atoms with Crippen LogP contribution in [0.4, 0.5) is 0 Å². The summed E-state index contributed by atoms with van der Waals surface area (Å²) in [5.74, 6) is 2.69. The quantitative estimate of drug-likeness (QED) is 0.916. The van der Waals surface area contributed by atoms with Crippen LogP contribution in [-0.4, -0.2) is 52.2 Å². The average molecular weight is 313 g/mol. The number of nitrogens with one attached hydrogen (secondary N) is 1. The van der Waals surface area contributed by atoms with Crippen LogP contribution < -0.4 is 5.32 Å². The van der Waals surface area contributed by atoms with Crippen LogP contribution in [0.15, 0.2) is 18.3 Å². The molecule has 2 atom stereocenters. The summed E-state index contributed by atoms with van der Waals surface area (Å²) in [6.45, 7) is 9.23. The molecule has 0 bridgehead atoms. The summed E-state index contributed by atoms with van der Waals surface area (Å²) >= 11 is 0. The third kappa shape index (κ3) is 3.12. The molecule has 1 N–H and O–H groups in total. The summed E-state index contributed by atoms with van der Waals surface area (Å²) in [6, 6.07) is 4.09. The number of imidazole rings is 1. The van der Waals surface area contributed by atoms with E-state index in [0.29, 0.717) is 0 Å². The van der Waals surface area contributed by atoms with Gasteiger partial charge in [-0.15, -0.1) is 0 Å². The molecule has 23 heavy (non-hydrogen) atoms. The van der Waals surface area contributed by atoms with Crippen LogP contribution in [-0.2, 0) is 13.0 Å². The summed E-state index contributed by atoms with van der Waals surface area (Å²) in [5, 5.41) is 3.47. The largest absolute Gasteiger partial charge is 0.316 e. The molecule has 2 aliphatic rings. The molecule has 0 aromatic carbocycles. The minimum atomic E-state index is 0.723. The highest BCUT2D eigenvalue weighted by Crippen LogP contribution is 2.24. The van der Waals surface area contributed by atoms with E-state index in [2.05, 4.69) is 32.8 Å². The van der Waals surface area contributed by atoms with Crippen molar-refractivity contribution in [2.45, 2.75) is 32.7 Å². The molecule has 2 saturated heterocycles. The fourth-order valence-electron chi connectivity index (χ4n) is 4.11. The second-order valence-corrected chi connectivity index (χ2v) is 7.10. The van der Waals surface area contributed by atoms with E-state index in [-0.39, 0.29) is 0 Å². The van der Waals surface area contributed by atoms with E-state index in [1.54, 1.807) is 0 Å². The molecule has 0 spiro atoms. The van der Waals surface area contributed by atoms with Crippen LogP contribution in [0.3, 0.4) is 0 Å². The van der Waals surface area contributed by atoms with Crippen LogP contribution in [0.25, 0.3) is 11.2 Å². The van der Waals surface area contributed by atoms with Crippen molar-refractivity contribution in [2.24, 2.45) is 11.8 Å². The molecule has 0 amide bonds. The molecule has 5 heteroatoms. The third-order valence-corrected chi connectivity index (χ3v) is 5.47. The van der Waals surface area contributed by atoms with E-state index >= 15 is 0 Å². The maximum atomic E-state index is 4.92. The molecule has 5 nitrogen and oxygen atoms in total. The lowest BCUT2D eigenvalue weighted by atomic mass is 10.0. The summed E-state index contributed by atoms with van der Waals surface area (Å²) < 4.78 is 2.41. The number of likely N-dealkylation sites (tertiary alicyclic amines) is 1. The second kappa shape index (κ2) is 6.57. The smallest absolute Gasteiger partial charge is 0.159 e. The zero-order valence-electron chi connectivity index (χ0n) is 14.0. The van der Waals surface area contributed by atoms with Crippen LogP contribution >= 0.6 is 0 Å². The van der Waals surface area contributed by atoms with Gasteiger partial charge < -0.3 is 14.8 Å². The van der Waals surface area contributed by atoms with Gasteiger partial charge in [0.1, 0.15) is 11.3 Å². The summed E-state index contributed by atoms with van der Waals surface area (Å²) in [7, 11) is 0. The molecular weight excluding hydrogens is 286 g/mol. The molecule has 2 aromatic heterocycles.